The third kappa shape index (κ3) is 3.33. The maximum Gasteiger partial charge on any atom is 0.342 e. The predicted octanol–water partition coefficient (Wildman–Crippen LogP) is 4.19. The second-order valence-corrected chi connectivity index (χ2v) is 5.36. The first-order valence-electron chi connectivity index (χ1n) is 8.05. The Morgan fingerprint density at radius 2 is 1.88 bits per heavy atom. The van der Waals surface area contributed by atoms with Crippen molar-refractivity contribution in [3.63, 3.8) is 0 Å². The monoisotopic (exact) mass is 351 g/mol. The molecule has 0 bridgehead atoms. The number of hydrogen-bond donors (Lipinski definition) is 0. The summed E-state index contributed by atoms with van der Waals surface area (Å²) in [4.78, 5) is 12.6. The number of fused-ring (bicyclic) bond motifs is 1. The molecule has 6 heteroatoms. The van der Waals surface area contributed by atoms with Crippen LogP contribution in [0.25, 0.3) is 22.3 Å². The molecule has 1 aromatic heterocycles. The Morgan fingerprint density at radius 3 is 2.54 bits per heavy atom. The van der Waals surface area contributed by atoms with E-state index in [0.29, 0.717) is 33.8 Å². The summed E-state index contributed by atoms with van der Waals surface area (Å²) in [5.41, 5.74) is 1.59. The van der Waals surface area contributed by atoms with E-state index in [4.69, 9.17) is 23.9 Å². The maximum atomic E-state index is 12.6. The molecule has 132 valence electrons. The summed E-state index contributed by atoms with van der Waals surface area (Å²) in [7, 11) is 1.59. The van der Waals surface area contributed by atoms with Gasteiger partial charge in [0.25, 0.3) is 0 Å². The Kier molecular flexibility index (Phi) is 5.09. The number of benzene rings is 2. The van der Waals surface area contributed by atoms with E-state index in [1.54, 1.807) is 44.4 Å². The molecular formula is C20H17NO5. The van der Waals surface area contributed by atoms with Crippen LogP contribution in [-0.4, -0.2) is 26.3 Å². The van der Waals surface area contributed by atoms with Gasteiger partial charge in [-0.05, 0) is 49.4 Å². The van der Waals surface area contributed by atoms with Crippen LogP contribution in [0.1, 0.15) is 17.3 Å². The van der Waals surface area contributed by atoms with Gasteiger partial charge in [-0.3, -0.25) is 0 Å². The molecule has 0 spiro atoms. The van der Waals surface area contributed by atoms with Crippen LogP contribution in [-0.2, 0) is 4.74 Å². The molecule has 0 aliphatic carbocycles. The Bertz CT molecular complexity index is 966. The van der Waals surface area contributed by atoms with E-state index in [1.807, 2.05) is 18.2 Å². The second-order valence-electron chi connectivity index (χ2n) is 5.36. The third-order valence-electron chi connectivity index (χ3n) is 3.79. The van der Waals surface area contributed by atoms with Gasteiger partial charge < -0.3 is 18.6 Å². The molecule has 0 amide bonds. The largest absolute Gasteiger partial charge is 0.497 e. The molecule has 0 saturated heterocycles. The fourth-order valence-electron chi connectivity index (χ4n) is 2.63. The first-order chi connectivity index (χ1) is 12.7. The van der Waals surface area contributed by atoms with Crippen LogP contribution in [0.2, 0.25) is 0 Å². The van der Waals surface area contributed by atoms with Crippen molar-refractivity contribution in [2.45, 2.75) is 6.92 Å². The molecule has 0 saturated carbocycles. The van der Waals surface area contributed by atoms with Gasteiger partial charge >= 0.3 is 5.97 Å². The second kappa shape index (κ2) is 7.62. The van der Waals surface area contributed by atoms with Gasteiger partial charge in [0, 0.05) is 10.9 Å². The minimum atomic E-state index is -0.477. The standard InChI is InChI=1S/C20H17NO5/c1-3-24-20(22)18-16-12-15(25-11-10-21)8-9-17(16)26-19(18)13-4-6-14(23-2)7-5-13/h4-9,12H,3,11H2,1-2H3. The molecule has 0 N–H and O–H groups in total. The molecule has 1 heterocycles. The average Bonchev–Trinajstić information content (AvgIpc) is 3.05. The van der Waals surface area contributed by atoms with Gasteiger partial charge in [-0.1, -0.05) is 0 Å². The fraction of sp³-hybridized carbons (Fsp3) is 0.200. The van der Waals surface area contributed by atoms with E-state index < -0.39 is 5.97 Å². The fourth-order valence-corrected chi connectivity index (χ4v) is 2.63. The normalized spacial score (nSPS) is 10.3. The van der Waals surface area contributed by atoms with Crippen LogP contribution in [0.5, 0.6) is 11.5 Å². The molecule has 2 aromatic carbocycles. The Morgan fingerprint density at radius 1 is 1.15 bits per heavy atom. The van der Waals surface area contributed by atoms with Crippen molar-refractivity contribution in [3.8, 4) is 28.9 Å². The van der Waals surface area contributed by atoms with Crippen LogP contribution in [0.3, 0.4) is 0 Å². The highest BCUT2D eigenvalue weighted by atomic mass is 16.5. The molecule has 3 aromatic rings. The first-order valence-corrected chi connectivity index (χ1v) is 8.05. The quantitative estimate of drug-likeness (QED) is 0.620. The Hall–Kier alpha value is -3.46. The van der Waals surface area contributed by atoms with Crippen molar-refractivity contribution in [2.24, 2.45) is 0 Å². The van der Waals surface area contributed by atoms with Crippen molar-refractivity contribution >= 4 is 16.9 Å². The number of nitriles is 1. The molecule has 0 aliphatic rings. The van der Waals surface area contributed by atoms with Crippen LogP contribution in [0, 0.1) is 11.3 Å². The van der Waals surface area contributed by atoms with Crippen molar-refractivity contribution in [1.82, 2.24) is 0 Å². The van der Waals surface area contributed by atoms with Crippen LogP contribution < -0.4 is 9.47 Å². The molecule has 3 rings (SSSR count). The lowest BCUT2D eigenvalue weighted by molar-refractivity contribution is 0.0529. The number of rotatable bonds is 6. The zero-order chi connectivity index (χ0) is 18.5. The zero-order valence-electron chi connectivity index (χ0n) is 14.4. The third-order valence-corrected chi connectivity index (χ3v) is 3.79. The minimum Gasteiger partial charge on any atom is -0.497 e. The van der Waals surface area contributed by atoms with Gasteiger partial charge in [0.1, 0.15) is 34.5 Å². The highest BCUT2D eigenvalue weighted by molar-refractivity contribution is 6.09. The molecule has 0 unspecified atom stereocenters. The number of carbonyl (C=O) groups excluding carboxylic acids is 1. The van der Waals surface area contributed by atoms with Gasteiger partial charge in [-0.2, -0.15) is 5.26 Å². The molecule has 0 fully saturated rings. The zero-order valence-corrected chi connectivity index (χ0v) is 14.4. The summed E-state index contributed by atoms with van der Waals surface area (Å²) in [6, 6.07) is 14.2. The summed E-state index contributed by atoms with van der Waals surface area (Å²) in [5, 5.41) is 9.25. The lowest BCUT2D eigenvalue weighted by Crippen LogP contribution is -2.05. The van der Waals surface area contributed by atoms with Gasteiger partial charge in [-0.15, -0.1) is 0 Å². The minimum absolute atomic E-state index is 0.0799. The molecular weight excluding hydrogens is 334 g/mol. The summed E-state index contributed by atoms with van der Waals surface area (Å²) in [6.07, 6.45) is 0. The van der Waals surface area contributed by atoms with Crippen molar-refractivity contribution in [1.29, 1.82) is 5.26 Å². The molecule has 0 aliphatic heterocycles. The van der Waals surface area contributed by atoms with Gasteiger partial charge in [-0.25, -0.2) is 4.79 Å². The van der Waals surface area contributed by atoms with Gasteiger partial charge in [0.05, 0.1) is 13.7 Å². The van der Waals surface area contributed by atoms with Crippen molar-refractivity contribution in [3.05, 3.63) is 48.0 Å². The number of methoxy groups -OCH3 is 1. The molecule has 0 atom stereocenters. The van der Waals surface area contributed by atoms with E-state index in [-0.39, 0.29) is 13.2 Å². The van der Waals surface area contributed by atoms with Crippen LogP contribution in [0.4, 0.5) is 0 Å². The Labute approximate surface area is 150 Å². The average molecular weight is 351 g/mol. The van der Waals surface area contributed by atoms with E-state index in [2.05, 4.69) is 0 Å². The topological polar surface area (TPSA) is 81.7 Å². The summed E-state index contributed by atoms with van der Waals surface area (Å²) in [5.74, 6) is 1.12. The lowest BCUT2D eigenvalue weighted by atomic mass is 10.1. The van der Waals surface area contributed by atoms with E-state index >= 15 is 0 Å². The highest BCUT2D eigenvalue weighted by Crippen LogP contribution is 2.36. The number of hydrogen-bond acceptors (Lipinski definition) is 6. The first kappa shape index (κ1) is 17.4. The van der Waals surface area contributed by atoms with E-state index in [0.717, 1.165) is 5.56 Å². The van der Waals surface area contributed by atoms with Crippen molar-refractivity contribution in [2.75, 3.05) is 20.3 Å². The number of esters is 1. The summed E-state index contributed by atoms with van der Waals surface area (Å²) >= 11 is 0. The predicted molar refractivity (Wildman–Crippen MR) is 95.3 cm³/mol. The molecule has 0 radical (unpaired) electrons. The van der Waals surface area contributed by atoms with Gasteiger partial charge in [0.15, 0.2) is 6.61 Å². The van der Waals surface area contributed by atoms with E-state index in [9.17, 15) is 4.79 Å². The van der Waals surface area contributed by atoms with Crippen LogP contribution in [0.15, 0.2) is 46.9 Å². The summed E-state index contributed by atoms with van der Waals surface area (Å²) < 4.78 is 21.6. The molecule has 6 nitrogen and oxygen atoms in total. The lowest BCUT2D eigenvalue weighted by Gasteiger charge is -2.05. The smallest absolute Gasteiger partial charge is 0.342 e. The number of furan rings is 1. The van der Waals surface area contributed by atoms with Gasteiger partial charge in [0.2, 0.25) is 0 Å². The number of ether oxygens (including phenoxy) is 3. The maximum absolute atomic E-state index is 12.6. The highest BCUT2D eigenvalue weighted by Gasteiger charge is 2.23. The number of carbonyl (C=O) groups is 1. The Balaban J connectivity index is 2.15. The molecule has 26 heavy (non-hydrogen) atoms. The van der Waals surface area contributed by atoms with Crippen LogP contribution >= 0.6 is 0 Å². The summed E-state index contributed by atoms with van der Waals surface area (Å²) in [6.45, 7) is 1.91. The SMILES string of the molecule is CCOC(=O)c1c(-c2ccc(OC)cc2)oc2ccc(OCC#N)cc12. The van der Waals surface area contributed by atoms with Crippen molar-refractivity contribution < 1.29 is 23.4 Å². The number of nitrogens with zero attached hydrogens (tertiary/aromatic N) is 1. The van der Waals surface area contributed by atoms with E-state index in [1.165, 1.54) is 0 Å².